The fourth-order valence-electron chi connectivity index (χ4n) is 3.00. The molecule has 126 valence electrons. The van der Waals surface area contributed by atoms with Gasteiger partial charge in [0.15, 0.2) is 23.0 Å². The van der Waals surface area contributed by atoms with Crippen LogP contribution in [0.3, 0.4) is 0 Å². The molecule has 0 saturated carbocycles. The third-order valence-corrected chi connectivity index (χ3v) is 4.34. The predicted molar refractivity (Wildman–Crippen MR) is 84.9 cm³/mol. The number of phenolic OH excluding ortho intramolecular Hbond substituents is 4. The summed E-state index contributed by atoms with van der Waals surface area (Å²) in [6.07, 6.45) is 0.912. The second-order valence-corrected chi connectivity index (χ2v) is 6.05. The molecule has 2 aromatic rings. The molecule has 2 atom stereocenters. The molecule has 0 unspecified atom stereocenters. The highest BCUT2D eigenvalue weighted by Crippen LogP contribution is 2.33. The molecule has 3 rings (SSSR count). The van der Waals surface area contributed by atoms with Crippen LogP contribution in [-0.2, 0) is 22.4 Å². The first-order valence-electron chi connectivity index (χ1n) is 7.62. The van der Waals surface area contributed by atoms with E-state index >= 15 is 0 Å². The van der Waals surface area contributed by atoms with Crippen molar-refractivity contribution in [3.63, 3.8) is 0 Å². The van der Waals surface area contributed by atoms with Gasteiger partial charge < -0.3 is 25.2 Å². The molecule has 1 aliphatic heterocycles. The van der Waals surface area contributed by atoms with Crippen LogP contribution in [0.4, 0.5) is 0 Å². The zero-order valence-corrected chi connectivity index (χ0v) is 12.8. The van der Waals surface area contributed by atoms with Crippen molar-refractivity contribution in [3.05, 3.63) is 47.5 Å². The largest absolute Gasteiger partial charge is 0.504 e. The maximum absolute atomic E-state index is 12.0. The quantitative estimate of drug-likeness (QED) is 0.505. The summed E-state index contributed by atoms with van der Waals surface area (Å²) in [6, 6.07) is 9.06. The minimum Gasteiger partial charge on any atom is -0.504 e. The lowest BCUT2D eigenvalue weighted by molar-refractivity contribution is -0.141. The van der Waals surface area contributed by atoms with Gasteiger partial charge in [-0.3, -0.25) is 4.79 Å². The monoisotopic (exact) mass is 330 g/mol. The molecule has 1 fully saturated rings. The van der Waals surface area contributed by atoms with E-state index in [9.17, 15) is 25.2 Å². The van der Waals surface area contributed by atoms with Gasteiger partial charge in [0.2, 0.25) is 0 Å². The van der Waals surface area contributed by atoms with Crippen LogP contribution in [0, 0.1) is 11.8 Å². The molecule has 6 nitrogen and oxygen atoms in total. The van der Waals surface area contributed by atoms with E-state index in [2.05, 4.69) is 0 Å². The molecule has 4 N–H and O–H groups in total. The molecule has 1 aliphatic rings. The highest BCUT2D eigenvalue weighted by Gasteiger charge is 2.36. The molecule has 24 heavy (non-hydrogen) atoms. The number of cyclic esters (lactones) is 1. The summed E-state index contributed by atoms with van der Waals surface area (Å²) in [5.41, 5.74) is 1.53. The number of carbonyl (C=O) groups excluding carboxylic acids is 1. The molecule has 6 heteroatoms. The highest BCUT2D eigenvalue weighted by molar-refractivity contribution is 5.75. The number of rotatable bonds is 4. The maximum atomic E-state index is 12.0. The van der Waals surface area contributed by atoms with Crippen LogP contribution in [-0.4, -0.2) is 33.0 Å². The van der Waals surface area contributed by atoms with Crippen LogP contribution in [0.1, 0.15) is 11.1 Å². The fraction of sp³-hybridized carbons (Fsp3) is 0.278. The van der Waals surface area contributed by atoms with E-state index in [0.29, 0.717) is 12.8 Å². The lowest BCUT2D eigenvalue weighted by atomic mass is 9.85. The van der Waals surface area contributed by atoms with Crippen molar-refractivity contribution in [2.75, 3.05) is 6.61 Å². The molecule has 2 aromatic carbocycles. The van der Waals surface area contributed by atoms with Gasteiger partial charge in [-0.2, -0.15) is 0 Å². The number of hydrogen-bond donors (Lipinski definition) is 4. The van der Waals surface area contributed by atoms with Crippen LogP contribution in [0.15, 0.2) is 36.4 Å². The molecule has 1 saturated heterocycles. The van der Waals surface area contributed by atoms with Crippen molar-refractivity contribution in [1.29, 1.82) is 0 Å². The summed E-state index contributed by atoms with van der Waals surface area (Å²) in [6.45, 7) is 0.287. The van der Waals surface area contributed by atoms with Crippen molar-refractivity contribution in [2.45, 2.75) is 12.8 Å². The summed E-state index contributed by atoms with van der Waals surface area (Å²) in [4.78, 5) is 12.0. The van der Waals surface area contributed by atoms with Gasteiger partial charge in [-0.15, -0.1) is 0 Å². The Morgan fingerprint density at radius 3 is 1.92 bits per heavy atom. The Kier molecular flexibility index (Phi) is 4.20. The van der Waals surface area contributed by atoms with Gasteiger partial charge in [0.25, 0.3) is 0 Å². The molecular weight excluding hydrogens is 312 g/mol. The Bertz CT molecular complexity index is 770. The molecule has 0 bridgehead atoms. The van der Waals surface area contributed by atoms with Crippen LogP contribution in [0.25, 0.3) is 0 Å². The molecule has 0 amide bonds. The van der Waals surface area contributed by atoms with Crippen LogP contribution >= 0.6 is 0 Å². The molecule has 0 radical (unpaired) electrons. The van der Waals surface area contributed by atoms with E-state index in [-0.39, 0.29) is 47.4 Å². The van der Waals surface area contributed by atoms with Crippen molar-refractivity contribution < 1.29 is 30.0 Å². The number of hydrogen-bond acceptors (Lipinski definition) is 6. The Morgan fingerprint density at radius 2 is 1.38 bits per heavy atom. The van der Waals surface area contributed by atoms with Crippen molar-refractivity contribution in [2.24, 2.45) is 11.8 Å². The zero-order valence-electron chi connectivity index (χ0n) is 12.8. The van der Waals surface area contributed by atoms with Gasteiger partial charge in [-0.25, -0.2) is 0 Å². The lowest BCUT2D eigenvalue weighted by Gasteiger charge is -2.16. The van der Waals surface area contributed by atoms with Crippen molar-refractivity contribution in [1.82, 2.24) is 0 Å². The van der Waals surface area contributed by atoms with Crippen LogP contribution < -0.4 is 0 Å². The topological polar surface area (TPSA) is 107 Å². The average molecular weight is 330 g/mol. The second-order valence-electron chi connectivity index (χ2n) is 6.05. The maximum Gasteiger partial charge on any atom is 0.309 e. The minimum atomic E-state index is -0.370. The predicted octanol–water partition coefficient (Wildman–Crippen LogP) is 2.08. The molecular formula is C18H18O6. The summed E-state index contributed by atoms with van der Waals surface area (Å²) >= 11 is 0. The van der Waals surface area contributed by atoms with E-state index in [1.807, 2.05) is 0 Å². The number of benzene rings is 2. The number of phenols is 4. The molecule has 0 spiro atoms. The molecule has 0 aliphatic carbocycles. The van der Waals surface area contributed by atoms with Gasteiger partial charge in [0.05, 0.1) is 12.5 Å². The van der Waals surface area contributed by atoms with E-state index in [1.165, 1.54) is 24.3 Å². The van der Waals surface area contributed by atoms with E-state index < -0.39 is 0 Å². The lowest BCUT2D eigenvalue weighted by Crippen LogP contribution is -2.20. The third kappa shape index (κ3) is 3.22. The first kappa shape index (κ1) is 16.0. The van der Waals surface area contributed by atoms with Crippen molar-refractivity contribution in [3.8, 4) is 23.0 Å². The fourth-order valence-corrected chi connectivity index (χ4v) is 3.00. The molecule has 1 heterocycles. The number of aromatic hydroxyl groups is 4. The third-order valence-electron chi connectivity index (χ3n) is 4.34. The SMILES string of the molecule is O=C1OC[C@@H](Cc2ccc(O)c(O)c2)[C@@H]1Cc1ccc(O)c(O)c1. The Labute approximate surface area is 138 Å². The van der Waals surface area contributed by atoms with Gasteiger partial charge in [-0.05, 0) is 48.2 Å². The Morgan fingerprint density at radius 1 is 0.833 bits per heavy atom. The second kappa shape index (κ2) is 6.31. The zero-order chi connectivity index (χ0) is 17.3. The van der Waals surface area contributed by atoms with Gasteiger partial charge in [0.1, 0.15) is 0 Å². The van der Waals surface area contributed by atoms with Gasteiger partial charge >= 0.3 is 5.97 Å². The standard InChI is InChI=1S/C18H18O6/c19-14-3-1-10(7-16(14)21)5-12-9-24-18(23)13(12)6-11-2-4-15(20)17(22)8-11/h1-4,7-8,12-13,19-22H,5-6,9H2/t12-,13+/m1/s1. The first-order chi connectivity index (χ1) is 11.4. The van der Waals surface area contributed by atoms with Crippen molar-refractivity contribution >= 4 is 5.97 Å². The first-order valence-corrected chi connectivity index (χ1v) is 7.62. The average Bonchev–Trinajstić information content (AvgIpc) is 2.87. The number of ether oxygens (including phenoxy) is 1. The van der Waals surface area contributed by atoms with E-state index in [0.717, 1.165) is 11.1 Å². The summed E-state index contributed by atoms with van der Waals surface area (Å²) in [5, 5.41) is 37.9. The number of esters is 1. The smallest absolute Gasteiger partial charge is 0.309 e. The Balaban J connectivity index is 1.76. The van der Waals surface area contributed by atoms with E-state index in [1.54, 1.807) is 12.1 Å². The Hall–Kier alpha value is -2.89. The van der Waals surface area contributed by atoms with Crippen LogP contribution in [0.5, 0.6) is 23.0 Å². The van der Waals surface area contributed by atoms with E-state index in [4.69, 9.17) is 4.74 Å². The summed E-state index contributed by atoms with van der Waals surface area (Å²) in [5.74, 6) is -1.55. The normalized spacial score (nSPS) is 20.1. The van der Waals surface area contributed by atoms with Gasteiger partial charge in [0, 0.05) is 5.92 Å². The molecule has 0 aromatic heterocycles. The van der Waals surface area contributed by atoms with Gasteiger partial charge in [-0.1, -0.05) is 12.1 Å². The number of carbonyl (C=O) groups is 1. The highest BCUT2D eigenvalue weighted by atomic mass is 16.5. The summed E-state index contributed by atoms with van der Waals surface area (Å²) < 4.78 is 5.17. The minimum absolute atomic E-state index is 0.0719. The van der Waals surface area contributed by atoms with Crippen LogP contribution in [0.2, 0.25) is 0 Å². The summed E-state index contributed by atoms with van der Waals surface area (Å²) in [7, 11) is 0.